The minimum atomic E-state index is -0.776. The highest BCUT2D eigenvalue weighted by Crippen LogP contribution is 2.30. The van der Waals surface area contributed by atoms with Crippen LogP contribution >= 0.6 is 11.3 Å². The third kappa shape index (κ3) is 3.30. The quantitative estimate of drug-likeness (QED) is 0.881. The van der Waals surface area contributed by atoms with E-state index in [-0.39, 0.29) is 11.8 Å². The Morgan fingerprint density at radius 3 is 2.50 bits per heavy atom. The van der Waals surface area contributed by atoms with Crippen molar-refractivity contribution >= 4 is 17.3 Å². The molecule has 4 heteroatoms. The SMILES string of the molecule is CCCc1nc(C(C)(C)C)sc1CC(=O)O. The molecule has 0 saturated carbocycles. The van der Waals surface area contributed by atoms with Gasteiger partial charge < -0.3 is 5.11 Å². The lowest BCUT2D eigenvalue weighted by atomic mass is 9.98. The Balaban J connectivity index is 3.04. The van der Waals surface area contributed by atoms with E-state index in [1.54, 1.807) is 11.3 Å². The predicted molar refractivity (Wildman–Crippen MR) is 66.1 cm³/mol. The lowest BCUT2D eigenvalue weighted by molar-refractivity contribution is -0.136. The molecule has 0 spiro atoms. The fraction of sp³-hybridized carbons (Fsp3) is 0.667. The Morgan fingerprint density at radius 2 is 2.06 bits per heavy atom. The van der Waals surface area contributed by atoms with Gasteiger partial charge in [-0.3, -0.25) is 4.79 Å². The number of aromatic nitrogens is 1. The summed E-state index contributed by atoms with van der Waals surface area (Å²) in [5.74, 6) is -0.776. The van der Waals surface area contributed by atoms with Gasteiger partial charge in [-0.1, -0.05) is 34.1 Å². The van der Waals surface area contributed by atoms with Crippen molar-refractivity contribution in [3.8, 4) is 0 Å². The fourth-order valence-corrected chi connectivity index (χ4v) is 2.57. The molecule has 3 nitrogen and oxygen atoms in total. The number of hydrogen-bond acceptors (Lipinski definition) is 3. The van der Waals surface area contributed by atoms with E-state index in [9.17, 15) is 4.79 Å². The van der Waals surface area contributed by atoms with Gasteiger partial charge in [-0.2, -0.15) is 0 Å². The smallest absolute Gasteiger partial charge is 0.308 e. The lowest BCUT2D eigenvalue weighted by Gasteiger charge is -2.13. The van der Waals surface area contributed by atoms with Crippen LogP contribution in [0.1, 0.15) is 49.7 Å². The zero-order chi connectivity index (χ0) is 12.3. The van der Waals surface area contributed by atoms with Crippen molar-refractivity contribution in [3.05, 3.63) is 15.6 Å². The van der Waals surface area contributed by atoms with Crippen molar-refractivity contribution in [2.24, 2.45) is 0 Å². The minimum Gasteiger partial charge on any atom is -0.481 e. The van der Waals surface area contributed by atoms with E-state index in [1.165, 1.54) is 0 Å². The number of rotatable bonds is 4. The summed E-state index contributed by atoms with van der Waals surface area (Å²) < 4.78 is 0. The summed E-state index contributed by atoms with van der Waals surface area (Å²) in [6, 6.07) is 0. The van der Waals surface area contributed by atoms with E-state index >= 15 is 0 Å². The molecule has 16 heavy (non-hydrogen) atoms. The topological polar surface area (TPSA) is 50.2 Å². The fourth-order valence-electron chi connectivity index (χ4n) is 1.41. The molecule has 0 bridgehead atoms. The molecular weight excluding hydrogens is 222 g/mol. The number of carboxylic acid groups (broad SMARTS) is 1. The third-order valence-electron chi connectivity index (χ3n) is 2.22. The summed E-state index contributed by atoms with van der Waals surface area (Å²) >= 11 is 1.54. The maximum Gasteiger partial charge on any atom is 0.308 e. The monoisotopic (exact) mass is 241 g/mol. The zero-order valence-corrected chi connectivity index (χ0v) is 11.1. The largest absolute Gasteiger partial charge is 0.481 e. The van der Waals surface area contributed by atoms with Crippen LogP contribution in [0.15, 0.2) is 0 Å². The van der Waals surface area contributed by atoms with E-state index in [0.717, 1.165) is 28.4 Å². The molecule has 0 fully saturated rings. The van der Waals surface area contributed by atoms with Gasteiger partial charge in [0.05, 0.1) is 17.1 Å². The highest BCUT2D eigenvalue weighted by atomic mass is 32.1. The molecule has 0 amide bonds. The molecule has 0 aliphatic carbocycles. The van der Waals surface area contributed by atoms with E-state index in [2.05, 4.69) is 32.7 Å². The number of carbonyl (C=O) groups is 1. The molecule has 1 N–H and O–H groups in total. The standard InChI is InChI=1S/C12H19NO2S/c1-5-6-8-9(7-10(14)15)16-11(13-8)12(2,3)4/h5-7H2,1-4H3,(H,14,15). The van der Waals surface area contributed by atoms with Gasteiger partial charge in [0.1, 0.15) is 0 Å². The van der Waals surface area contributed by atoms with Crippen LogP contribution < -0.4 is 0 Å². The Kier molecular flexibility index (Phi) is 4.08. The molecule has 0 aromatic carbocycles. The highest BCUT2D eigenvalue weighted by Gasteiger charge is 2.22. The van der Waals surface area contributed by atoms with Gasteiger partial charge in [-0.25, -0.2) is 4.98 Å². The second-order valence-electron chi connectivity index (χ2n) is 4.96. The molecule has 0 aliphatic rings. The van der Waals surface area contributed by atoms with E-state index in [1.807, 2.05) is 0 Å². The van der Waals surface area contributed by atoms with Crippen LogP contribution in [-0.2, 0) is 23.1 Å². The number of nitrogens with zero attached hydrogens (tertiary/aromatic N) is 1. The van der Waals surface area contributed by atoms with E-state index in [0.29, 0.717) is 0 Å². The summed E-state index contributed by atoms with van der Waals surface area (Å²) in [5, 5.41) is 9.88. The van der Waals surface area contributed by atoms with E-state index in [4.69, 9.17) is 5.11 Å². The molecule has 0 atom stereocenters. The first kappa shape index (κ1) is 13.2. The molecule has 1 aromatic heterocycles. The summed E-state index contributed by atoms with van der Waals surface area (Å²) in [6.07, 6.45) is 1.97. The van der Waals surface area contributed by atoms with Crippen molar-refractivity contribution in [1.29, 1.82) is 0 Å². The van der Waals surface area contributed by atoms with Crippen molar-refractivity contribution in [2.75, 3.05) is 0 Å². The maximum atomic E-state index is 10.8. The molecular formula is C12H19NO2S. The van der Waals surface area contributed by atoms with Crippen LogP contribution in [0, 0.1) is 0 Å². The van der Waals surface area contributed by atoms with Crippen molar-refractivity contribution in [1.82, 2.24) is 4.98 Å². The van der Waals surface area contributed by atoms with Gasteiger partial charge in [-0.05, 0) is 6.42 Å². The summed E-state index contributed by atoms with van der Waals surface area (Å²) in [6.45, 7) is 8.39. The van der Waals surface area contributed by atoms with Crippen LogP contribution in [0.3, 0.4) is 0 Å². The first-order chi connectivity index (χ1) is 7.34. The zero-order valence-electron chi connectivity index (χ0n) is 10.3. The van der Waals surface area contributed by atoms with Gasteiger partial charge >= 0.3 is 5.97 Å². The highest BCUT2D eigenvalue weighted by molar-refractivity contribution is 7.12. The first-order valence-electron chi connectivity index (χ1n) is 5.55. The first-order valence-corrected chi connectivity index (χ1v) is 6.37. The molecule has 0 aliphatic heterocycles. The second kappa shape index (κ2) is 4.95. The average Bonchev–Trinajstić information content (AvgIpc) is 2.47. The normalized spacial score (nSPS) is 11.8. The Hall–Kier alpha value is -0.900. The third-order valence-corrected chi connectivity index (χ3v) is 3.74. The summed E-state index contributed by atoms with van der Waals surface area (Å²) in [4.78, 5) is 16.3. The molecule has 0 unspecified atom stereocenters. The lowest BCUT2D eigenvalue weighted by Crippen LogP contribution is -2.10. The van der Waals surface area contributed by atoms with Crippen LogP contribution in [0.5, 0.6) is 0 Å². The van der Waals surface area contributed by atoms with Crippen LogP contribution in [-0.4, -0.2) is 16.1 Å². The van der Waals surface area contributed by atoms with Gasteiger partial charge in [0.2, 0.25) is 0 Å². The number of aryl methyl sites for hydroxylation is 1. The van der Waals surface area contributed by atoms with Gasteiger partial charge in [0.15, 0.2) is 0 Å². The molecule has 1 heterocycles. The number of aliphatic carboxylic acids is 1. The minimum absolute atomic E-state index is 0.00388. The van der Waals surface area contributed by atoms with Gasteiger partial charge in [-0.15, -0.1) is 11.3 Å². The molecule has 0 saturated heterocycles. The van der Waals surface area contributed by atoms with Gasteiger partial charge in [0.25, 0.3) is 0 Å². The van der Waals surface area contributed by atoms with Crippen molar-refractivity contribution in [3.63, 3.8) is 0 Å². The number of thiazole rings is 1. The van der Waals surface area contributed by atoms with Crippen LogP contribution in [0.25, 0.3) is 0 Å². The summed E-state index contributed by atoms with van der Waals surface area (Å²) in [5.41, 5.74) is 0.976. The van der Waals surface area contributed by atoms with E-state index < -0.39 is 5.97 Å². The van der Waals surface area contributed by atoms with Crippen LogP contribution in [0.4, 0.5) is 0 Å². The predicted octanol–water partition coefficient (Wildman–Crippen LogP) is 3.02. The molecule has 1 rings (SSSR count). The maximum absolute atomic E-state index is 10.8. The van der Waals surface area contributed by atoms with Crippen LogP contribution in [0.2, 0.25) is 0 Å². The Labute approximate surface area is 101 Å². The van der Waals surface area contributed by atoms with Crippen molar-refractivity contribution < 1.29 is 9.90 Å². The Morgan fingerprint density at radius 1 is 1.44 bits per heavy atom. The molecule has 1 aromatic rings. The average molecular weight is 241 g/mol. The second-order valence-corrected chi connectivity index (χ2v) is 6.04. The Bertz CT molecular complexity index is 377. The molecule has 0 radical (unpaired) electrons. The molecule has 90 valence electrons. The summed E-state index contributed by atoms with van der Waals surface area (Å²) in [7, 11) is 0. The van der Waals surface area contributed by atoms with Crippen molar-refractivity contribution in [2.45, 2.75) is 52.4 Å². The van der Waals surface area contributed by atoms with Gasteiger partial charge in [0, 0.05) is 10.3 Å². The number of hydrogen-bond donors (Lipinski definition) is 1. The number of carboxylic acids is 1.